The molecule has 3 N–H and O–H groups in total. The average Bonchev–Trinajstić information content (AvgIpc) is 1.97. The third kappa shape index (κ3) is 5.09. The first-order chi connectivity index (χ1) is 5.37. The highest BCUT2D eigenvalue weighted by atomic mass is 16.7. The molecule has 0 saturated heterocycles. The van der Waals surface area contributed by atoms with E-state index in [2.05, 4.69) is 5.48 Å². The van der Waals surface area contributed by atoms with Crippen molar-refractivity contribution in [2.45, 2.75) is 45.8 Å². The molecule has 4 nitrogen and oxygen atoms in total. The average molecular weight is 174 g/mol. The fourth-order valence-electron chi connectivity index (χ4n) is 0.464. The van der Waals surface area contributed by atoms with E-state index in [0.717, 1.165) is 0 Å². The van der Waals surface area contributed by atoms with Gasteiger partial charge in [0.2, 0.25) is 0 Å². The number of amides is 1. The number of hydrogen-bond donors (Lipinski definition) is 2. The summed E-state index contributed by atoms with van der Waals surface area (Å²) in [6.07, 6.45) is 0.610. The fraction of sp³-hybridized carbons (Fsp3) is 0.875. The van der Waals surface area contributed by atoms with Crippen molar-refractivity contribution < 1.29 is 9.63 Å². The minimum atomic E-state index is -0.479. The Kier molecular flexibility index (Phi) is 4.20. The summed E-state index contributed by atoms with van der Waals surface area (Å²) in [5.74, 6) is -0.271. The van der Waals surface area contributed by atoms with Gasteiger partial charge in [0, 0.05) is 0 Å². The smallest absolute Gasteiger partial charge is 0.260 e. The van der Waals surface area contributed by atoms with Crippen molar-refractivity contribution in [3.8, 4) is 0 Å². The van der Waals surface area contributed by atoms with Crippen LogP contribution in [0.15, 0.2) is 0 Å². The topological polar surface area (TPSA) is 64.4 Å². The molecule has 0 fully saturated rings. The van der Waals surface area contributed by atoms with Crippen LogP contribution in [-0.2, 0) is 9.63 Å². The van der Waals surface area contributed by atoms with Crippen molar-refractivity contribution in [1.29, 1.82) is 0 Å². The second-order valence-corrected chi connectivity index (χ2v) is 3.70. The molecule has 0 radical (unpaired) electrons. The standard InChI is InChI=1S/C8H18N2O2/c1-5-6(9)7(11)10-12-8(2,3)4/h6H,5,9H2,1-4H3,(H,10,11)/t6-/m1/s1. The van der Waals surface area contributed by atoms with Crippen molar-refractivity contribution in [2.75, 3.05) is 0 Å². The number of rotatable bonds is 3. The van der Waals surface area contributed by atoms with E-state index >= 15 is 0 Å². The quantitative estimate of drug-likeness (QED) is 0.615. The van der Waals surface area contributed by atoms with E-state index in [-0.39, 0.29) is 11.5 Å². The Morgan fingerprint density at radius 1 is 1.58 bits per heavy atom. The van der Waals surface area contributed by atoms with Gasteiger partial charge in [-0.05, 0) is 27.2 Å². The van der Waals surface area contributed by atoms with Gasteiger partial charge in [0.15, 0.2) is 0 Å². The highest BCUT2D eigenvalue weighted by Gasteiger charge is 2.15. The molecule has 0 aromatic rings. The maximum absolute atomic E-state index is 11.1. The molecular formula is C8H18N2O2. The van der Waals surface area contributed by atoms with Crippen LogP contribution < -0.4 is 11.2 Å². The Morgan fingerprint density at radius 2 is 2.08 bits per heavy atom. The van der Waals surface area contributed by atoms with E-state index in [0.29, 0.717) is 6.42 Å². The van der Waals surface area contributed by atoms with Crippen molar-refractivity contribution in [1.82, 2.24) is 5.48 Å². The van der Waals surface area contributed by atoms with E-state index < -0.39 is 6.04 Å². The van der Waals surface area contributed by atoms with Crippen molar-refractivity contribution in [2.24, 2.45) is 5.73 Å². The predicted octanol–water partition coefficient (Wildman–Crippen LogP) is 0.570. The predicted molar refractivity (Wildman–Crippen MR) is 47.2 cm³/mol. The van der Waals surface area contributed by atoms with Gasteiger partial charge in [-0.2, -0.15) is 0 Å². The van der Waals surface area contributed by atoms with Crippen LogP contribution in [0.3, 0.4) is 0 Å². The number of nitrogens with one attached hydrogen (secondary N) is 1. The maximum Gasteiger partial charge on any atom is 0.260 e. The normalized spacial score (nSPS) is 14.1. The molecule has 0 aromatic carbocycles. The Balaban J connectivity index is 3.72. The van der Waals surface area contributed by atoms with E-state index in [4.69, 9.17) is 10.6 Å². The first-order valence-corrected chi connectivity index (χ1v) is 4.10. The highest BCUT2D eigenvalue weighted by Crippen LogP contribution is 2.03. The van der Waals surface area contributed by atoms with Crippen molar-refractivity contribution in [3.63, 3.8) is 0 Å². The molecule has 12 heavy (non-hydrogen) atoms. The molecule has 0 spiro atoms. The lowest BCUT2D eigenvalue weighted by Crippen LogP contribution is -2.43. The van der Waals surface area contributed by atoms with Gasteiger partial charge < -0.3 is 5.73 Å². The zero-order valence-electron chi connectivity index (χ0n) is 8.18. The van der Waals surface area contributed by atoms with Crippen LogP contribution in [0.4, 0.5) is 0 Å². The lowest BCUT2D eigenvalue weighted by molar-refractivity contribution is -0.146. The molecule has 0 unspecified atom stereocenters. The van der Waals surface area contributed by atoms with E-state index in [9.17, 15) is 4.79 Å². The Morgan fingerprint density at radius 3 is 2.42 bits per heavy atom. The van der Waals surface area contributed by atoms with Gasteiger partial charge in [-0.3, -0.25) is 9.63 Å². The van der Waals surface area contributed by atoms with Crippen LogP contribution in [0.1, 0.15) is 34.1 Å². The SMILES string of the molecule is CC[C@@H](N)C(=O)NOC(C)(C)C. The summed E-state index contributed by atoms with van der Waals surface area (Å²) in [6, 6.07) is -0.479. The van der Waals surface area contributed by atoms with Gasteiger partial charge in [-0.15, -0.1) is 0 Å². The first-order valence-electron chi connectivity index (χ1n) is 4.10. The first kappa shape index (κ1) is 11.4. The summed E-state index contributed by atoms with van der Waals surface area (Å²) in [5, 5.41) is 0. The van der Waals surface area contributed by atoms with Gasteiger partial charge in [-0.25, -0.2) is 5.48 Å². The van der Waals surface area contributed by atoms with Gasteiger partial charge in [0.05, 0.1) is 11.6 Å². The van der Waals surface area contributed by atoms with Crippen LogP contribution in [0, 0.1) is 0 Å². The molecule has 0 bridgehead atoms. The monoisotopic (exact) mass is 174 g/mol. The molecular weight excluding hydrogens is 156 g/mol. The minimum Gasteiger partial charge on any atom is -0.320 e. The zero-order chi connectivity index (χ0) is 9.78. The van der Waals surface area contributed by atoms with Crippen LogP contribution in [0.25, 0.3) is 0 Å². The number of hydroxylamine groups is 1. The summed E-state index contributed by atoms with van der Waals surface area (Å²) in [5.41, 5.74) is 7.39. The number of nitrogens with two attached hydrogens (primary N) is 1. The van der Waals surface area contributed by atoms with Gasteiger partial charge >= 0.3 is 0 Å². The second kappa shape index (κ2) is 4.42. The molecule has 0 aliphatic heterocycles. The summed E-state index contributed by atoms with van der Waals surface area (Å²) in [4.78, 5) is 16.1. The molecule has 1 atom stereocenters. The molecule has 0 aliphatic carbocycles. The molecule has 4 heteroatoms. The summed E-state index contributed by atoms with van der Waals surface area (Å²) < 4.78 is 0. The molecule has 0 aromatic heterocycles. The zero-order valence-corrected chi connectivity index (χ0v) is 8.18. The molecule has 0 heterocycles. The van der Waals surface area contributed by atoms with Crippen LogP contribution in [0.2, 0.25) is 0 Å². The molecule has 0 rings (SSSR count). The summed E-state index contributed by atoms with van der Waals surface area (Å²) >= 11 is 0. The Bertz CT molecular complexity index is 152. The van der Waals surface area contributed by atoms with Crippen molar-refractivity contribution in [3.05, 3.63) is 0 Å². The lowest BCUT2D eigenvalue weighted by atomic mass is 10.2. The third-order valence-electron chi connectivity index (χ3n) is 1.23. The van der Waals surface area contributed by atoms with Crippen LogP contribution >= 0.6 is 0 Å². The Labute approximate surface area is 73.4 Å². The summed E-state index contributed by atoms with van der Waals surface area (Å²) in [6.45, 7) is 7.40. The lowest BCUT2D eigenvalue weighted by Gasteiger charge is -2.20. The number of hydrogen-bond acceptors (Lipinski definition) is 3. The van der Waals surface area contributed by atoms with Crippen LogP contribution in [-0.4, -0.2) is 17.6 Å². The third-order valence-corrected chi connectivity index (χ3v) is 1.23. The van der Waals surface area contributed by atoms with Crippen LogP contribution in [0.5, 0.6) is 0 Å². The van der Waals surface area contributed by atoms with Gasteiger partial charge in [0.1, 0.15) is 0 Å². The number of carbonyl (C=O) groups is 1. The second-order valence-electron chi connectivity index (χ2n) is 3.70. The van der Waals surface area contributed by atoms with Gasteiger partial charge in [-0.1, -0.05) is 6.92 Å². The maximum atomic E-state index is 11.1. The largest absolute Gasteiger partial charge is 0.320 e. The number of carbonyl (C=O) groups excluding carboxylic acids is 1. The van der Waals surface area contributed by atoms with Crippen molar-refractivity contribution >= 4 is 5.91 Å². The molecule has 0 aliphatic rings. The molecule has 72 valence electrons. The highest BCUT2D eigenvalue weighted by molar-refractivity contribution is 5.80. The molecule has 1 amide bonds. The Hall–Kier alpha value is -0.610. The minimum absolute atomic E-state index is 0.271. The van der Waals surface area contributed by atoms with Gasteiger partial charge in [0.25, 0.3) is 5.91 Å². The van der Waals surface area contributed by atoms with E-state index in [1.807, 2.05) is 27.7 Å². The van der Waals surface area contributed by atoms with E-state index in [1.54, 1.807) is 0 Å². The van der Waals surface area contributed by atoms with E-state index in [1.165, 1.54) is 0 Å². The fourth-order valence-corrected chi connectivity index (χ4v) is 0.464. The summed E-state index contributed by atoms with van der Waals surface area (Å²) in [7, 11) is 0. The molecule has 0 saturated carbocycles.